The van der Waals surface area contributed by atoms with Gasteiger partial charge in [-0.2, -0.15) is 10.5 Å². The largest absolute Gasteiger partial charge is 0.456 e. The Labute approximate surface area is 286 Å². The minimum Gasteiger partial charge on any atom is -0.456 e. The van der Waals surface area contributed by atoms with Crippen LogP contribution in [0.25, 0.3) is 82.7 Å². The Morgan fingerprint density at radius 3 is 2.02 bits per heavy atom. The van der Waals surface area contributed by atoms with E-state index in [1.807, 2.05) is 60.7 Å². The molecule has 232 valence electrons. The van der Waals surface area contributed by atoms with Crippen LogP contribution >= 0.6 is 0 Å². The monoisotopic (exact) mass is 639 g/mol. The van der Waals surface area contributed by atoms with Gasteiger partial charge in [0.2, 0.25) is 0 Å². The third-order valence-corrected chi connectivity index (χ3v) is 10.1. The topological polar surface area (TPSA) is 78.8 Å². The van der Waals surface area contributed by atoms with Crippen LogP contribution in [0.15, 0.2) is 124 Å². The number of hydrogen-bond acceptors (Lipinski definition) is 4. The molecule has 1 unspecified atom stereocenters. The Kier molecular flexibility index (Phi) is 5.89. The number of nitriles is 2. The van der Waals surface area contributed by atoms with Crippen LogP contribution in [0, 0.1) is 34.5 Å². The van der Waals surface area contributed by atoms with Gasteiger partial charge in [0, 0.05) is 38.9 Å². The van der Waals surface area contributed by atoms with Crippen molar-refractivity contribution in [3.63, 3.8) is 0 Å². The SMILES string of the molecule is CC1CC#Cc2c1c1ccccc1n2-c1c(C#N)cccc1-c1ccc2oc3cc4c(cc3c2c1)oc1ccc(-c2ccc(C#N)cc2)cc14. The summed E-state index contributed by atoms with van der Waals surface area (Å²) < 4.78 is 15.0. The number of nitrogens with zero attached hydrogens (tertiary/aromatic N) is 3. The second-order valence-corrected chi connectivity index (χ2v) is 13.0. The molecule has 10 rings (SSSR count). The first kappa shape index (κ1) is 28.1. The van der Waals surface area contributed by atoms with Gasteiger partial charge >= 0.3 is 0 Å². The van der Waals surface area contributed by atoms with Gasteiger partial charge in [0.05, 0.1) is 28.4 Å². The summed E-state index contributed by atoms with van der Waals surface area (Å²) in [6.07, 6.45) is 0.814. The zero-order valence-corrected chi connectivity index (χ0v) is 26.9. The van der Waals surface area contributed by atoms with Gasteiger partial charge in [0.25, 0.3) is 0 Å². The first-order valence-electron chi connectivity index (χ1n) is 16.6. The van der Waals surface area contributed by atoms with Crippen molar-refractivity contribution < 1.29 is 8.83 Å². The molecule has 0 saturated heterocycles. The van der Waals surface area contributed by atoms with Crippen LogP contribution in [0.3, 0.4) is 0 Å². The Bertz CT molecular complexity index is 3050. The van der Waals surface area contributed by atoms with Crippen molar-refractivity contribution in [3.8, 4) is 51.9 Å². The predicted octanol–water partition coefficient (Wildman–Crippen LogP) is 11.4. The smallest absolute Gasteiger partial charge is 0.136 e. The predicted molar refractivity (Wildman–Crippen MR) is 198 cm³/mol. The van der Waals surface area contributed by atoms with E-state index in [-0.39, 0.29) is 0 Å². The highest BCUT2D eigenvalue weighted by Crippen LogP contribution is 2.43. The molecule has 0 N–H and O–H groups in total. The van der Waals surface area contributed by atoms with Gasteiger partial charge in [-0.05, 0) is 94.8 Å². The first-order valence-corrected chi connectivity index (χ1v) is 16.6. The van der Waals surface area contributed by atoms with Gasteiger partial charge in [0.15, 0.2) is 0 Å². The van der Waals surface area contributed by atoms with E-state index in [1.54, 1.807) is 0 Å². The average Bonchev–Trinajstić information content (AvgIpc) is 3.82. The number of benzene rings is 6. The van der Waals surface area contributed by atoms with Crippen LogP contribution < -0.4 is 0 Å². The first-order chi connectivity index (χ1) is 24.6. The molecule has 3 aromatic heterocycles. The Hall–Kier alpha value is -7.00. The Balaban J connectivity index is 1.16. The van der Waals surface area contributed by atoms with Gasteiger partial charge in [-0.25, -0.2) is 0 Å². The van der Waals surface area contributed by atoms with E-state index in [0.29, 0.717) is 17.0 Å². The van der Waals surface area contributed by atoms with Crippen molar-refractivity contribution in [2.75, 3.05) is 0 Å². The van der Waals surface area contributed by atoms with Gasteiger partial charge < -0.3 is 13.4 Å². The molecular formula is C45H25N3O2. The molecule has 50 heavy (non-hydrogen) atoms. The maximum Gasteiger partial charge on any atom is 0.136 e. The Morgan fingerprint density at radius 2 is 1.30 bits per heavy atom. The summed E-state index contributed by atoms with van der Waals surface area (Å²) in [4.78, 5) is 0. The second kappa shape index (κ2) is 10.5. The molecule has 9 aromatic rings. The number of fused-ring (bicyclic) bond motifs is 9. The van der Waals surface area contributed by atoms with Crippen molar-refractivity contribution >= 4 is 54.8 Å². The van der Waals surface area contributed by atoms with E-state index < -0.39 is 0 Å². The zero-order chi connectivity index (χ0) is 33.5. The molecule has 0 fully saturated rings. The molecular weight excluding hydrogens is 615 g/mol. The van der Waals surface area contributed by atoms with Crippen molar-refractivity contribution in [2.24, 2.45) is 0 Å². The maximum atomic E-state index is 10.4. The maximum absolute atomic E-state index is 10.4. The summed E-state index contributed by atoms with van der Waals surface area (Å²) >= 11 is 0. The molecule has 0 aliphatic heterocycles. The molecule has 3 heterocycles. The van der Waals surface area contributed by atoms with E-state index in [0.717, 1.165) is 89.4 Å². The third-order valence-electron chi connectivity index (χ3n) is 10.1. The minimum absolute atomic E-state index is 0.293. The molecule has 1 atom stereocenters. The fraction of sp³-hybridized carbons (Fsp3) is 0.0667. The van der Waals surface area contributed by atoms with E-state index in [2.05, 4.69) is 90.1 Å². The molecule has 6 aromatic carbocycles. The average molecular weight is 640 g/mol. The highest BCUT2D eigenvalue weighted by molar-refractivity contribution is 6.15. The van der Waals surface area contributed by atoms with Crippen LogP contribution in [0.4, 0.5) is 0 Å². The summed E-state index contributed by atoms with van der Waals surface area (Å²) in [5.74, 6) is 7.09. The van der Waals surface area contributed by atoms with Crippen molar-refractivity contribution in [2.45, 2.75) is 19.3 Å². The van der Waals surface area contributed by atoms with E-state index in [4.69, 9.17) is 8.83 Å². The molecule has 0 saturated carbocycles. The second-order valence-electron chi connectivity index (χ2n) is 13.0. The normalized spacial score (nSPS) is 13.8. The number of furan rings is 2. The summed E-state index contributed by atoms with van der Waals surface area (Å²) in [7, 11) is 0. The van der Waals surface area contributed by atoms with E-state index >= 15 is 0 Å². The number of para-hydroxylation sites is 2. The quantitative estimate of drug-likeness (QED) is 0.180. The van der Waals surface area contributed by atoms with Crippen LogP contribution in [0.5, 0.6) is 0 Å². The highest BCUT2D eigenvalue weighted by atomic mass is 16.3. The van der Waals surface area contributed by atoms with Gasteiger partial charge in [-0.1, -0.05) is 67.4 Å². The molecule has 0 spiro atoms. The third kappa shape index (κ3) is 4.00. The van der Waals surface area contributed by atoms with Crippen molar-refractivity contribution in [1.29, 1.82) is 10.5 Å². The van der Waals surface area contributed by atoms with Gasteiger partial charge in [-0.15, -0.1) is 0 Å². The zero-order valence-electron chi connectivity index (χ0n) is 26.9. The van der Waals surface area contributed by atoms with E-state index in [9.17, 15) is 10.5 Å². The molecule has 1 aliphatic rings. The summed E-state index contributed by atoms with van der Waals surface area (Å²) in [6.45, 7) is 2.23. The molecule has 5 nitrogen and oxygen atoms in total. The fourth-order valence-electron chi connectivity index (χ4n) is 7.75. The molecule has 0 radical (unpaired) electrons. The highest BCUT2D eigenvalue weighted by Gasteiger charge is 2.26. The van der Waals surface area contributed by atoms with E-state index in [1.165, 1.54) is 10.9 Å². The van der Waals surface area contributed by atoms with Gasteiger partial charge in [0.1, 0.15) is 34.1 Å². The standard InChI is InChI=1S/C45H25N3O2/c1-26-6-4-11-39-44(26)33-8-2-3-10-38(33)48(39)45-31(25-47)7-5-9-32(45)30-17-19-41-35(21-30)37-23-42-36(22-43(37)50-41)34-20-29(16-18-40(34)49-42)28-14-12-27(24-46)13-15-28/h2-3,5,7-10,12-23,26H,6H2,1H3. The number of aromatic nitrogens is 1. The summed E-state index contributed by atoms with van der Waals surface area (Å²) in [5, 5.41) is 24.7. The number of rotatable bonds is 3. The van der Waals surface area contributed by atoms with Crippen LogP contribution in [0.1, 0.15) is 41.6 Å². The summed E-state index contributed by atoms with van der Waals surface area (Å²) in [6, 6.07) is 43.2. The fourth-order valence-corrected chi connectivity index (χ4v) is 7.75. The number of hydrogen-bond donors (Lipinski definition) is 0. The lowest BCUT2D eigenvalue weighted by atomic mass is 9.92. The lowest BCUT2D eigenvalue weighted by molar-refractivity contribution is 0.664. The van der Waals surface area contributed by atoms with Crippen LogP contribution in [-0.2, 0) is 0 Å². The lowest BCUT2D eigenvalue weighted by Gasteiger charge is -2.18. The van der Waals surface area contributed by atoms with Crippen molar-refractivity contribution in [3.05, 3.63) is 138 Å². The Morgan fingerprint density at radius 1 is 0.640 bits per heavy atom. The minimum atomic E-state index is 0.293. The van der Waals surface area contributed by atoms with Crippen LogP contribution in [-0.4, -0.2) is 4.57 Å². The lowest BCUT2D eigenvalue weighted by Crippen LogP contribution is -2.06. The molecule has 5 heteroatoms. The van der Waals surface area contributed by atoms with Crippen LogP contribution in [0.2, 0.25) is 0 Å². The summed E-state index contributed by atoms with van der Waals surface area (Å²) in [5.41, 5.74) is 12.5. The molecule has 0 bridgehead atoms. The molecule has 1 aliphatic carbocycles. The van der Waals surface area contributed by atoms with Gasteiger partial charge in [-0.3, -0.25) is 0 Å². The molecule has 0 amide bonds. The van der Waals surface area contributed by atoms with Crippen molar-refractivity contribution in [1.82, 2.24) is 4.57 Å².